The Hall–Kier alpha value is -0.850. The third kappa shape index (κ3) is 2.70. The van der Waals surface area contributed by atoms with Crippen molar-refractivity contribution in [3.05, 3.63) is 38.6 Å². The van der Waals surface area contributed by atoms with Gasteiger partial charge in [0.1, 0.15) is 12.0 Å². The van der Waals surface area contributed by atoms with Crippen molar-refractivity contribution < 1.29 is 0 Å². The maximum absolute atomic E-state index is 5.82. The second kappa shape index (κ2) is 5.20. The SMILES string of the molecule is Nc1c(Cl)ncnc1Nc1c(Br)cccc1Br. The maximum Gasteiger partial charge on any atom is 0.158 e. The Balaban J connectivity index is 2.42. The van der Waals surface area contributed by atoms with Crippen LogP contribution >= 0.6 is 43.5 Å². The molecule has 7 heteroatoms. The lowest BCUT2D eigenvalue weighted by Crippen LogP contribution is -2.01. The highest BCUT2D eigenvalue weighted by molar-refractivity contribution is 9.11. The number of nitrogens with two attached hydrogens (primary N) is 1. The van der Waals surface area contributed by atoms with Gasteiger partial charge in [0.2, 0.25) is 0 Å². The van der Waals surface area contributed by atoms with Crippen LogP contribution in [0.15, 0.2) is 33.5 Å². The molecule has 1 aromatic carbocycles. The first-order valence-electron chi connectivity index (χ1n) is 4.56. The summed E-state index contributed by atoms with van der Waals surface area (Å²) in [4.78, 5) is 7.84. The lowest BCUT2D eigenvalue weighted by Gasteiger charge is -2.11. The van der Waals surface area contributed by atoms with Gasteiger partial charge in [0.15, 0.2) is 11.0 Å². The number of aromatic nitrogens is 2. The number of anilines is 3. The minimum Gasteiger partial charge on any atom is -0.393 e. The first-order chi connectivity index (χ1) is 8.09. The summed E-state index contributed by atoms with van der Waals surface area (Å²) in [6, 6.07) is 5.73. The van der Waals surface area contributed by atoms with Crippen LogP contribution in [0.4, 0.5) is 17.2 Å². The Bertz CT molecular complexity index is 542. The van der Waals surface area contributed by atoms with E-state index in [1.54, 1.807) is 0 Å². The number of nitrogens with one attached hydrogen (secondary N) is 1. The molecule has 1 aromatic heterocycles. The molecule has 2 rings (SSSR count). The van der Waals surface area contributed by atoms with Crippen LogP contribution in [0, 0.1) is 0 Å². The Labute approximate surface area is 120 Å². The van der Waals surface area contributed by atoms with Crippen LogP contribution in [0.3, 0.4) is 0 Å². The van der Waals surface area contributed by atoms with Gasteiger partial charge in [-0.1, -0.05) is 17.7 Å². The van der Waals surface area contributed by atoms with Gasteiger partial charge in [-0.15, -0.1) is 0 Å². The van der Waals surface area contributed by atoms with Crippen LogP contribution in [0.2, 0.25) is 5.15 Å². The lowest BCUT2D eigenvalue weighted by molar-refractivity contribution is 1.17. The lowest BCUT2D eigenvalue weighted by atomic mass is 10.3. The summed E-state index contributed by atoms with van der Waals surface area (Å²) in [6.07, 6.45) is 1.35. The summed E-state index contributed by atoms with van der Waals surface area (Å²) in [5.41, 5.74) is 6.92. The average Bonchev–Trinajstić information content (AvgIpc) is 2.29. The molecule has 0 radical (unpaired) electrons. The Morgan fingerprint density at radius 1 is 1.18 bits per heavy atom. The summed E-state index contributed by atoms with van der Waals surface area (Å²) in [7, 11) is 0. The van der Waals surface area contributed by atoms with Gasteiger partial charge in [0, 0.05) is 8.95 Å². The minimum absolute atomic E-state index is 0.227. The quantitative estimate of drug-likeness (QED) is 0.776. The zero-order valence-electron chi connectivity index (χ0n) is 8.42. The Kier molecular flexibility index (Phi) is 3.86. The van der Waals surface area contributed by atoms with Gasteiger partial charge in [0.25, 0.3) is 0 Å². The van der Waals surface area contributed by atoms with Gasteiger partial charge in [-0.05, 0) is 44.0 Å². The van der Waals surface area contributed by atoms with E-state index in [4.69, 9.17) is 17.3 Å². The summed E-state index contributed by atoms with van der Waals surface area (Å²) in [5.74, 6) is 0.470. The van der Waals surface area contributed by atoms with Gasteiger partial charge in [-0.3, -0.25) is 0 Å². The summed E-state index contributed by atoms with van der Waals surface area (Å²) in [5, 5.41) is 3.32. The van der Waals surface area contributed by atoms with Crippen molar-refractivity contribution in [1.29, 1.82) is 0 Å². The summed E-state index contributed by atoms with van der Waals surface area (Å²) < 4.78 is 1.78. The average molecular weight is 378 g/mol. The van der Waals surface area contributed by atoms with Crippen molar-refractivity contribution in [2.75, 3.05) is 11.1 Å². The van der Waals surface area contributed by atoms with E-state index in [-0.39, 0.29) is 5.15 Å². The molecule has 4 nitrogen and oxygen atoms in total. The first kappa shape index (κ1) is 12.6. The number of hydrogen-bond acceptors (Lipinski definition) is 4. The minimum atomic E-state index is 0.227. The molecule has 3 N–H and O–H groups in total. The normalized spacial score (nSPS) is 10.3. The van der Waals surface area contributed by atoms with Crippen LogP contribution in [0.25, 0.3) is 0 Å². The molecule has 0 aliphatic heterocycles. The summed E-state index contributed by atoms with van der Waals surface area (Å²) in [6.45, 7) is 0. The number of nitrogens with zero attached hydrogens (tertiary/aromatic N) is 2. The highest BCUT2D eigenvalue weighted by Crippen LogP contribution is 2.34. The Morgan fingerprint density at radius 2 is 1.82 bits per heavy atom. The first-order valence-corrected chi connectivity index (χ1v) is 6.53. The maximum atomic E-state index is 5.82. The van der Waals surface area contributed by atoms with Gasteiger partial charge >= 0.3 is 0 Å². The van der Waals surface area contributed by atoms with E-state index in [9.17, 15) is 0 Å². The predicted octanol–water partition coefficient (Wildman–Crippen LogP) is 3.98. The number of hydrogen-bond donors (Lipinski definition) is 2. The monoisotopic (exact) mass is 376 g/mol. The predicted molar refractivity (Wildman–Crippen MR) is 76.6 cm³/mol. The zero-order chi connectivity index (χ0) is 12.4. The second-order valence-corrected chi connectivity index (χ2v) is 5.22. The molecule has 0 saturated heterocycles. The molecule has 0 bridgehead atoms. The van der Waals surface area contributed by atoms with E-state index in [2.05, 4.69) is 47.1 Å². The van der Waals surface area contributed by atoms with Crippen molar-refractivity contribution in [2.45, 2.75) is 0 Å². The van der Waals surface area contributed by atoms with Gasteiger partial charge in [0.05, 0.1) is 5.69 Å². The molecule has 0 saturated carbocycles. The van der Waals surface area contributed by atoms with Crippen LogP contribution in [-0.2, 0) is 0 Å². The summed E-state index contributed by atoms with van der Waals surface area (Å²) >= 11 is 12.7. The molecule has 0 aliphatic carbocycles. The molecule has 17 heavy (non-hydrogen) atoms. The van der Waals surface area contributed by atoms with Crippen LogP contribution < -0.4 is 11.1 Å². The molecule has 88 valence electrons. The van der Waals surface area contributed by atoms with Gasteiger partial charge < -0.3 is 11.1 Å². The van der Waals surface area contributed by atoms with Crippen molar-refractivity contribution in [1.82, 2.24) is 9.97 Å². The van der Waals surface area contributed by atoms with E-state index < -0.39 is 0 Å². The van der Waals surface area contributed by atoms with E-state index >= 15 is 0 Å². The van der Waals surface area contributed by atoms with Crippen molar-refractivity contribution in [3.8, 4) is 0 Å². The molecule has 2 aromatic rings. The number of benzene rings is 1. The molecule has 0 amide bonds. The van der Waals surface area contributed by atoms with E-state index in [0.717, 1.165) is 14.6 Å². The Morgan fingerprint density at radius 3 is 2.47 bits per heavy atom. The zero-order valence-corrected chi connectivity index (χ0v) is 12.3. The molecule has 1 heterocycles. The topological polar surface area (TPSA) is 63.8 Å². The molecular weight excluding hydrogens is 371 g/mol. The van der Waals surface area contributed by atoms with Crippen molar-refractivity contribution in [3.63, 3.8) is 0 Å². The molecule has 0 atom stereocenters. The molecule has 0 spiro atoms. The van der Waals surface area contributed by atoms with E-state index in [1.807, 2.05) is 18.2 Å². The van der Waals surface area contributed by atoms with E-state index in [1.165, 1.54) is 6.33 Å². The highest BCUT2D eigenvalue weighted by Gasteiger charge is 2.10. The third-order valence-corrected chi connectivity index (χ3v) is 3.66. The fourth-order valence-electron chi connectivity index (χ4n) is 1.21. The van der Waals surface area contributed by atoms with Crippen molar-refractivity contribution in [2.24, 2.45) is 0 Å². The second-order valence-electron chi connectivity index (χ2n) is 3.15. The largest absolute Gasteiger partial charge is 0.393 e. The van der Waals surface area contributed by atoms with Crippen LogP contribution in [0.1, 0.15) is 0 Å². The smallest absolute Gasteiger partial charge is 0.158 e. The number of nitrogen functional groups attached to an aromatic ring is 1. The fourth-order valence-corrected chi connectivity index (χ4v) is 2.54. The fraction of sp³-hybridized carbons (Fsp3) is 0. The number of rotatable bonds is 2. The third-order valence-electron chi connectivity index (χ3n) is 2.04. The molecule has 0 fully saturated rings. The number of halogens is 3. The molecular formula is C10H7Br2ClN4. The number of para-hydroxylation sites is 1. The van der Waals surface area contributed by atoms with Gasteiger partial charge in [-0.25, -0.2) is 9.97 Å². The van der Waals surface area contributed by atoms with Crippen molar-refractivity contribution >= 4 is 60.7 Å². The molecule has 0 aliphatic rings. The standard InChI is InChI=1S/C10H7Br2ClN4/c11-5-2-1-3-6(12)8(5)17-10-7(14)9(13)15-4-16-10/h1-4H,14H2,(H,15,16,17). The van der Waals surface area contributed by atoms with Crippen LogP contribution in [-0.4, -0.2) is 9.97 Å². The molecule has 0 unspecified atom stereocenters. The van der Waals surface area contributed by atoms with Crippen LogP contribution in [0.5, 0.6) is 0 Å². The highest BCUT2D eigenvalue weighted by atomic mass is 79.9. The van der Waals surface area contributed by atoms with Gasteiger partial charge in [-0.2, -0.15) is 0 Å². The van der Waals surface area contributed by atoms with E-state index in [0.29, 0.717) is 11.5 Å².